The van der Waals surface area contributed by atoms with Crippen LogP contribution < -0.4 is 5.32 Å². The first-order valence-corrected chi connectivity index (χ1v) is 8.63. The molecule has 0 fully saturated rings. The number of carbonyl (C=O) groups is 1. The largest absolute Gasteiger partial charge is 0.471 e. The highest BCUT2D eigenvalue weighted by Gasteiger charge is 2.24. The summed E-state index contributed by atoms with van der Waals surface area (Å²) in [4.78, 5) is 29.3. The van der Waals surface area contributed by atoms with Crippen LogP contribution in [-0.4, -0.2) is 25.5 Å². The van der Waals surface area contributed by atoms with Crippen molar-refractivity contribution in [3.63, 3.8) is 0 Å². The summed E-state index contributed by atoms with van der Waals surface area (Å²) in [7, 11) is -4.82. The zero-order chi connectivity index (χ0) is 18.1. The van der Waals surface area contributed by atoms with Crippen LogP contribution in [0.15, 0.2) is 18.2 Å². The first-order chi connectivity index (χ1) is 11.1. The van der Waals surface area contributed by atoms with Gasteiger partial charge >= 0.3 is 7.82 Å². The molecule has 0 bridgehead atoms. The fourth-order valence-electron chi connectivity index (χ4n) is 1.55. The molecular formula is C11H8Cl3FN3O5P. The van der Waals surface area contributed by atoms with E-state index in [9.17, 15) is 13.8 Å². The first-order valence-electron chi connectivity index (χ1n) is 5.97. The van der Waals surface area contributed by atoms with Crippen molar-refractivity contribution in [2.75, 3.05) is 5.32 Å². The van der Waals surface area contributed by atoms with Gasteiger partial charge in [0.05, 0.1) is 10.7 Å². The molecule has 2 aromatic rings. The zero-order valence-electron chi connectivity index (χ0n) is 11.4. The Kier molecular flexibility index (Phi) is 5.87. The van der Waals surface area contributed by atoms with E-state index in [1.807, 2.05) is 0 Å². The van der Waals surface area contributed by atoms with E-state index in [4.69, 9.17) is 44.6 Å². The van der Waals surface area contributed by atoms with Gasteiger partial charge in [0, 0.05) is 5.02 Å². The van der Waals surface area contributed by atoms with Crippen molar-refractivity contribution >= 4 is 54.2 Å². The SMILES string of the molecule is O=C(Nc1ccc(Cl)cc1Cl)c1nn(COP(=O)(O)O)c(Cl)c1F. The lowest BCUT2D eigenvalue weighted by Gasteiger charge is -2.06. The Labute approximate surface area is 149 Å². The third-order valence-corrected chi connectivity index (χ3v) is 3.94. The molecular weight excluding hydrogens is 410 g/mol. The Bertz CT molecular complexity index is 841. The van der Waals surface area contributed by atoms with Crippen LogP contribution in [0.3, 0.4) is 0 Å². The van der Waals surface area contributed by atoms with E-state index in [2.05, 4.69) is 14.9 Å². The van der Waals surface area contributed by atoms with E-state index in [-0.39, 0.29) is 10.7 Å². The summed E-state index contributed by atoms with van der Waals surface area (Å²) in [5.41, 5.74) is -0.553. The highest BCUT2D eigenvalue weighted by molar-refractivity contribution is 7.46. The van der Waals surface area contributed by atoms with Gasteiger partial charge < -0.3 is 15.1 Å². The molecule has 2 rings (SSSR count). The highest BCUT2D eigenvalue weighted by Crippen LogP contribution is 2.36. The number of nitrogens with zero attached hydrogens (tertiary/aromatic N) is 2. The number of amides is 1. The van der Waals surface area contributed by atoms with Crippen molar-refractivity contribution < 1.29 is 28.1 Å². The monoisotopic (exact) mass is 417 g/mol. The maximum atomic E-state index is 14.0. The molecule has 0 spiro atoms. The molecule has 0 aliphatic carbocycles. The summed E-state index contributed by atoms with van der Waals surface area (Å²) in [5, 5.41) is 5.62. The van der Waals surface area contributed by atoms with Crippen LogP contribution in [0.1, 0.15) is 10.5 Å². The molecule has 0 unspecified atom stereocenters. The number of aromatic nitrogens is 2. The Morgan fingerprint density at radius 2 is 2.04 bits per heavy atom. The molecule has 1 aromatic heterocycles. The molecule has 3 N–H and O–H groups in total. The van der Waals surface area contributed by atoms with E-state index < -0.39 is 37.1 Å². The molecule has 0 saturated carbocycles. The third-order valence-electron chi connectivity index (χ3n) is 2.58. The topological polar surface area (TPSA) is 114 Å². The highest BCUT2D eigenvalue weighted by atomic mass is 35.5. The Hall–Kier alpha value is -1.19. The van der Waals surface area contributed by atoms with E-state index in [0.29, 0.717) is 9.70 Å². The van der Waals surface area contributed by atoms with E-state index >= 15 is 0 Å². The van der Waals surface area contributed by atoms with Crippen LogP contribution >= 0.6 is 42.6 Å². The summed E-state index contributed by atoms with van der Waals surface area (Å²) in [6.45, 7) is -0.852. The predicted molar refractivity (Wildman–Crippen MR) is 84.7 cm³/mol. The smallest absolute Gasteiger partial charge is 0.319 e. The van der Waals surface area contributed by atoms with Crippen molar-refractivity contribution in [2.45, 2.75) is 6.73 Å². The first kappa shape index (κ1) is 19.1. The minimum Gasteiger partial charge on any atom is -0.319 e. The standard InChI is InChI=1S/C11H8Cl3FN3O5P/c12-5-1-2-7(6(13)3-5)16-11(19)9-8(15)10(14)18(17-9)4-23-24(20,21)22/h1-3H,4H2,(H,16,19)(H2,20,21,22). The molecule has 0 radical (unpaired) electrons. The number of phosphoric acid groups is 1. The fourth-order valence-corrected chi connectivity index (χ4v) is 2.44. The molecule has 0 atom stereocenters. The molecule has 0 aliphatic rings. The normalized spacial score (nSPS) is 11.6. The number of anilines is 1. The fraction of sp³-hybridized carbons (Fsp3) is 0.0909. The van der Waals surface area contributed by atoms with Crippen LogP contribution in [-0.2, 0) is 15.8 Å². The van der Waals surface area contributed by atoms with Gasteiger partial charge in [0.25, 0.3) is 5.91 Å². The van der Waals surface area contributed by atoms with E-state index in [1.165, 1.54) is 18.2 Å². The summed E-state index contributed by atoms with van der Waals surface area (Å²) in [5.74, 6) is -2.16. The van der Waals surface area contributed by atoms with Crippen molar-refractivity contribution in [3.8, 4) is 0 Å². The minimum atomic E-state index is -4.82. The molecule has 130 valence electrons. The molecule has 8 nitrogen and oxygen atoms in total. The quantitative estimate of drug-likeness (QED) is 0.642. The van der Waals surface area contributed by atoms with Crippen LogP contribution in [0.2, 0.25) is 15.2 Å². The Morgan fingerprint density at radius 1 is 1.38 bits per heavy atom. The average molecular weight is 419 g/mol. The van der Waals surface area contributed by atoms with Crippen LogP contribution in [0.25, 0.3) is 0 Å². The van der Waals surface area contributed by atoms with Gasteiger partial charge in [-0.3, -0.25) is 9.32 Å². The second-order valence-corrected chi connectivity index (χ2v) is 6.72. The third kappa shape index (κ3) is 4.67. The van der Waals surface area contributed by atoms with Gasteiger partial charge in [-0.05, 0) is 18.2 Å². The maximum Gasteiger partial charge on any atom is 0.471 e. The van der Waals surface area contributed by atoms with Gasteiger partial charge in [-0.25, -0.2) is 13.6 Å². The van der Waals surface area contributed by atoms with E-state index in [1.54, 1.807) is 0 Å². The van der Waals surface area contributed by atoms with Crippen LogP contribution in [0, 0.1) is 5.82 Å². The van der Waals surface area contributed by atoms with Gasteiger partial charge in [0.15, 0.2) is 23.4 Å². The lowest BCUT2D eigenvalue weighted by molar-refractivity contribution is 0.101. The molecule has 13 heteroatoms. The van der Waals surface area contributed by atoms with Crippen molar-refractivity contribution in [2.24, 2.45) is 0 Å². The summed E-state index contributed by atoms with van der Waals surface area (Å²) < 4.78 is 29.3. The van der Waals surface area contributed by atoms with E-state index in [0.717, 1.165) is 0 Å². The van der Waals surface area contributed by atoms with Crippen LogP contribution in [0.5, 0.6) is 0 Å². The second-order valence-electron chi connectivity index (χ2n) is 4.28. The maximum absolute atomic E-state index is 14.0. The molecule has 1 heterocycles. The molecule has 0 saturated heterocycles. The lowest BCUT2D eigenvalue weighted by atomic mass is 10.3. The summed E-state index contributed by atoms with van der Waals surface area (Å²) in [6.07, 6.45) is 0. The predicted octanol–water partition coefficient (Wildman–Crippen LogP) is 3.30. The van der Waals surface area contributed by atoms with Gasteiger partial charge in [-0.15, -0.1) is 0 Å². The molecule has 1 amide bonds. The molecule has 1 aromatic carbocycles. The van der Waals surface area contributed by atoms with Gasteiger partial charge in [-0.1, -0.05) is 34.8 Å². The molecule has 24 heavy (non-hydrogen) atoms. The van der Waals surface area contributed by atoms with Crippen LogP contribution in [0.4, 0.5) is 10.1 Å². The van der Waals surface area contributed by atoms with Crippen molar-refractivity contribution in [1.29, 1.82) is 0 Å². The average Bonchev–Trinajstić information content (AvgIpc) is 2.75. The number of nitrogens with one attached hydrogen (secondary N) is 1. The minimum absolute atomic E-state index is 0.117. The second kappa shape index (κ2) is 7.37. The molecule has 0 aliphatic heterocycles. The zero-order valence-corrected chi connectivity index (χ0v) is 14.6. The lowest BCUT2D eigenvalue weighted by Crippen LogP contribution is -2.15. The number of carbonyl (C=O) groups excluding carboxylic acids is 1. The van der Waals surface area contributed by atoms with Gasteiger partial charge in [-0.2, -0.15) is 5.10 Å². The number of hydrogen-bond acceptors (Lipinski definition) is 4. The van der Waals surface area contributed by atoms with Crippen molar-refractivity contribution in [3.05, 3.63) is 44.9 Å². The number of halogens is 4. The summed E-state index contributed by atoms with van der Waals surface area (Å²) >= 11 is 17.2. The van der Waals surface area contributed by atoms with Gasteiger partial charge in [0.2, 0.25) is 0 Å². The number of phosphoric ester groups is 1. The number of hydrogen-bond donors (Lipinski definition) is 3. The van der Waals surface area contributed by atoms with Crippen molar-refractivity contribution in [1.82, 2.24) is 9.78 Å². The number of rotatable bonds is 5. The summed E-state index contributed by atoms with van der Waals surface area (Å²) in [6, 6.07) is 4.23. The van der Waals surface area contributed by atoms with Gasteiger partial charge in [0.1, 0.15) is 0 Å². The number of benzene rings is 1. The Balaban J connectivity index is 2.22. The Morgan fingerprint density at radius 3 is 2.62 bits per heavy atom.